The quantitative estimate of drug-likeness (QED) is 0.836. The first-order valence-electron chi connectivity index (χ1n) is 7.13. The van der Waals surface area contributed by atoms with Crippen LogP contribution in [0, 0.1) is 19.8 Å². The standard InChI is InChI=1S/C16H22N2O2/c1-5-17-8-11(3)9-18-14-12(4)6-10(2)7-13(14)15(19)16(18)20/h6-7,11,17H,5,8-9H2,1-4H3. The minimum atomic E-state index is -0.392. The Balaban J connectivity index is 2.29. The minimum absolute atomic E-state index is 0.304. The first-order valence-corrected chi connectivity index (χ1v) is 7.13. The number of Topliss-reactive ketones (excluding diaryl/α,β-unsaturated/α-hetero) is 1. The molecule has 0 saturated carbocycles. The molecule has 1 atom stereocenters. The van der Waals surface area contributed by atoms with E-state index in [4.69, 9.17) is 0 Å². The Morgan fingerprint density at radius 2 is 1.95 bits per heavy atom. The van der Waals surface area contributed by atoms with Crippen LogP contribution in [0.1, 0.15) is 35.3 Å². The molecular weight excluding hydrogens is 252 g/mol. The summed E-state index contributed by atoms with van der Waals surface area (Å²) >= 11 is 0. The van der Waals surface area contributed by atoms with Gasteiger partial charge in [-0.15, -0.1) is 0 Å². The predicted molar refractivity (Wildman–Crippen MR) is 80.3 cm³/mol. The van der Waals surface area contributed by atoms with Gasteiger partial charge in [-0.2, -0.15) is 0 Å². The molecule has 0 aromatic heterocycles. The summed E-state index contributed by atoms with van der Waals surface area (Å²) in [7, 11) is 0. The van der Waals surface area contributed by atoms with Crippen molar-refractivity contribution in [3.63, 3.8) is 0 Å². The second-order valence-electron chi connectivity index (χ2n) is 5.64. The van der Waals surface area contributed by atoms with Crippen LogP contribution >= 0.6 is 0 Å². The normalized spacial score (nSPS) is 15.7. The lowest BCUT2D eigenvalue weighted by molar-refractivity contribution is -0.114. The SMILES string of the molecule is CCNCC(C)CN1C(=O)C(=O)c2cc(C)cc(C)c21. The molecule has 0 saturated heterocycles. The number of amides is 1. The summed E-state index contributed by atoms with van der Waals surface area (Å²) in [5, 5.41) is 3.27. The Labute approximate surface area is 120 Å². The number of nitrogens with one attached hydrogen (secondary N) is 1. The highest BCUT2D eigenvalue weighted by atomic mass is 16.2. The fraction of sp³-hybridized carbons (Fsp3) is 0.500. The molecule has 1 unspecified atom stereocenters. The molecule has 0 fully saturated rings. The Bertz CT molecular complexity index is 552. The molecule has 2 rings (SSSR count). The minimum Gasteiger partial charge on any atom is -0.317 e. The van der Waals surface area contributed by atoms with Crippen LogP contribution in [0.4, 0.5) is 5.69 Å². The number of hydrogen-bond acceptors (Lipinski definition) is 3. The van der Waals surface area contributed by atoms with E-state index in [1.165, 1.54) is 0 Å². The zero-order chi connectivity index (χ0) is 14.9. The van der Waals surface area contributed by atoms with Gasteiger partial charge in [0.15, 0.2) is 0 Å². The molecule has 1 N–H and O–H groups in total. The summed E-state index contributed by atoms with van der Waals surface area (Å²) in [6.45, 7) is 10.4. The van der Waals surface area contributed by atoms with Gasteiger partial charge in [0.25, 0.3) is 11.7 Å². The van der Waals surface area contributed by atoms with E-state index in [0.29, 0.717) is 18.0 Å². The van der Waals surface area contributed by atoms with Gasteiger partial charge >= 0.3 is 0 Å². The largest absolute Gasteiger partial charge is 0.317 e. The maximum atomic E-state index is 12.2. The molecule has 0 radical (unpaired) electrons. The van der Waals surface area contributed by atoms with Crippen molar-refractivity contribution in [3.8, 4) is 0 Å². The molecule has 0 bridgehead atoms. The average molecular weight is 274 g/mol. The number of anilines is 1. The predicted octanol–water partition coefficient (Wildman–Crippen LogP) is 2.08. The number of hydrogen-bond donors (Lipinski definition) is 1. The van der Waals surface area contributed by atoms with Gasteiger partial charge in [-0.05, 0) is 50.0 Å². The van der Waals surface area contributed by atoms with Crippen molar-refractivity contribution in [2.45, 2.75) is 27.7 Å². The van der Waals surface area contributed by atoms with E-state index < -0.39 is 5.91 Å². The van der Waals surface area contributed by atoms with E-state index in [1.807, 2.05) is 26.0 Å². The van der Waals surface area contributed by atoms with Crippen molar-refractivity contribution >= 4 is 17.4 Å². The number of carbonyl (C=O) groups is 2. The summed E-state index contributed by atoms with van der Waals surface area (Å²) < 4.78 is 0. The number of aryl methyl sites for hydroxylation is 2. The Morgan fingerprint density at radius 1 is 1.25 bits per heavy atom. The van der Waals surface area contributed by atoms with Crippen molar-refractivity contribution < 1.29 is 9.59 Å². The molecule has 1 amide bonds. The van der Waals surface area contributed by atoms with E-state index in [0.717, 1.165) is 29.9 Å². The third-order valence-corrected chi connectivity index (χ3v) is 3.64. The van der Waals surface area contributed by atoms with Gasteiger partial charge in [-0.25, -0.2) is 0 Å². The monoisotopic (exact) mass is 274 g/mol. The van der Waals surface area contributed by atoms with Gasteiger partial charge in [0, 0.05) is 6.54 Å². The van der Waals surface area contributed by atoms with E-state index >= 15 is 0 Å². The number of rotatable bonds is 5. The van der Waals surface area contributed by atoms with Crippen LogP contribution in [0.2, 0.25) is 0 Å². The van der Waals surface area contributed by atoms with E-state index in [9.17, 15) is 9.59 Å². The zero-order valence-corrected chi connectivity index (χ0v) is 12.6. The lowest BCUT2D eigenvalue weighted by atomic mass is 10.0. The Morgan fingerprint density at radius 3 is 2.60 bits per heavy atom. The van der Waals surface area contributed by atoms with E-state index in [2.05, 4.69) is 19.2 Å². The highest BCUT2D eigenvalue weighted by Crippen LogP contribution is 2.33. The molecule has 1 heterocycles. The molecule has 0 spiro atoms. The summed E-state index contributed by atoms with van der Waals surface area (Å²) in [5.74, 6) is -0.460. The summed E-state index contributed by atoms with van der Waals surface area (Å²) in [6.07, 6.45) is 0. The number of benzene rings is 1. The van der Waals surface area contributed by atoms with Crippen molar-refractivity contribution in [1.29, 1.82) is 0 Å². The molecule has 4 heteroatoms. The summed E-state index contributed by atoms with van der Waals surface area (Å²) in [6, 6.07) is 3.84. The fourth-order valence-corrected chi connectivity index (χ4v) is 2.77. The summed E-state index contributed by atoms with van der Waals surface area (Å²) in [4.78, 5) is 25.9. The van der Waals surface area contributed by atoms with Crippen molar-refractivity contribution in [2.75, 3.05) is 24.5 Å². The van der Waals surface area contributed by atoms with Crippen molar-refractivity contribution in [2.24, 2.45) is 5.92 Å². The number of carbonyl (C=O) groups excluding carboxylic acids is 2. The first kappa shape index (κ1) is 14.7. The second-order valence-corrected chi connectivity index (χ2v) is 5.64. The number of nitrogens with zero attached hydrogens (tertiary/aromatic N) is 1. The highest BCUT2D eigenvalue weighted by Gasteiger charge is 2.37. The molecule has 1 aliphatic heterocycles. The Hall–Kier alpha value is -1.68. The maximum Gasteiger partial charge on any atom is 0.299 e. The third-order valence-electron chi connectivity index (χ3n) is 3.64. The van der Waals surface area contributed by atoms with Gasteiger partial charge in [0.05, 0.1) is 11.3 Å². The molecule has 1 aromatic rings. The van der Waals surface area contributed by atoms with Gasteiger partial charge in [-0.1, -0.05) is 19.9 Å². The molecule has 0 aliphatic carbocycles. The number of ketones is 1. The van der Waals surface area contributed by atoms with Crippen LogP contribution < -0.4 is 10.2 Å². The zero-order valence-electron chi connectivity index (χ0n) is 12.6. The van der Waals surface area contributed by atoms with Crippen LogP contribution in [-0.4, -0.2) is 31.3 Å². The fourth-order valence-electron chi connectivity index (χ4n) is 2.77. The smallest absolute Gasteiger partial charge is 0.299 e. The van der Waals surface area contributed by atoms with Gasteiger partial charge in [-0.3, -0.25) is 9.59 Å². The van der Waals surface area contributed by atoms with Crippen molar-refractivity contribution in [1.82, 2.24) is 5.32 Å². The third kappa shape index (κ3) is 2.61. The van der Waals surface area contributed by atoms with E-state index in [-0.39, 0.29) is 5.78 Å². The average Bonchev–Trinajstić information content (AvgIpc) is 2.62. The van der Waals surface area contributed by atoms with Crippen LogP contribution in [0.15, 0.2) is 12.1 Å². The maximum absolute atomic E-state index is 12.2. The molecular formula is C16H22N2O2. The second kappa shape index (κ2) is 5.75. The lowest BCUT2D eigenvalue weighted by Gasteiger charge is -2.23. The highest BCUT2D eigenvalue weighted by molar-refractivity contribution is 6.52. The van der Waals surface area contributed by atoms with Crippen LogP contribution in [0.25, 0.3) is 0 Å². The topological polar surface area (TPSA) is 49.4 Å². The van der Waals surface area contributed by atoms with Crippen LogP contribution in [0.5, 0.6) is 0 Å². The van der Waals surface area contributed by atoms with Gasteiger partial charge in [0.1, 0.15) is 0 Å². The van der Waals surface area contributed by atoms with Gasteiger partial charge in [0.2, 0.25) is 0 Å². The van der Waals surface area contributed by atoms with Crippen molar-refractivity contribution in [3.05, 3.63) is 28.8 Å². The molecule has 1 aliphatic rings. The molecule has 108 valence electrons. The Kier molecular flexibility index (Phi) is 4.23. The first-order chi connectivity index (χ1) is 9.45. The van der Waals surface area contributed by atoms with Gasteiger partial charge < -0.3 is 10.2 Å². The molecule has 1 aromatic carbocycles. The number of fused-ring (bicyclic) bond motifs is 1. The molecule has 20 heavy (non-hydrogen) atoms. The van der Waals surface area contributed by atoms with Crippen LogP contribution in [0.3, 0.4) is 0 Å². The summed E-state index contributed by atoms with van der Waals surface area (Å²) in [5.41, 5.74) is 3.37. The van der Waals surface area contributed by atoms with E-state index in [1.54, 1.807) is 4.90 Å². The lowest BCUT2D eigenvalue weighted by Crippen LogP contribution is -2.37. The molecule has 4 nitrogen and oxygen atoms in total. The van der Waals surface area contributed by atoms with Crippen LogP contribution in [-0.2, 0) is 4.79 Å².